The van der Waals surface area contributed by atoms with Crippen molar-refractivity contribution in [2.45, 2.75) is 13.3 Å². The smallest absolute Gasteiger partial charge is 0.165 e. The molecule has 0 aromatic heterocycles. The van der Waals surface area contributed by atoms with Gasteiger partial charge in [0.1, 0.15) is 6.61 Å². The Balaban J connectivity index is 0.00000180. The fourth-order valence-electron chi connectivity index (χ4n) is 2.33. The highest BCUT2D eigenvalue weighted by atomic mass is 35.5. The Morgan fingerprint density at radius 2 is 2.16 bits per heavy atom. The summed E-state index contributed by atoms with van der Waals surface area (Å²) in [6, 6.07) is 6.51. The summed E-state index contributed by atoms with van der Waals surface area (Å²) in [7, 11) is 0. The number of nitrogens with zero attached hydrogens (tertiary/aromatic N) is 1. The number of nitrogens with two attached hydrogens (primary N) is 1. The molecule has 0 radical (unpaired) electrons. The normalized spacial score (nSPS) is 23.1. The van der Waals surface area contributed by atoms with Crippen molar-refractivity contribution >= 4 is 12.4 Å². The van der Waals surface area contributed by atoms with E-state index >= 15 is 0 Å². The lowest BCUT2D eigenvalue weighted by atomic mass is 9.90. The molecule has 0 aliphatic carbocycles. The zero-order valence-electron chi connectivity index (χ0n) is 11.3. The summed E-state index contributed by atoms with van der Waals surface area (Å²) in [5, 5.41) is 0. The van der Waals surface area contributed by atoms with Gasteiger partial charge in [0.2, 0.25) is 0 Å². The van der Waals surface area contributed by atoms with Crippen LogP contribution in [-0.2, 0) is 0 Å². The molecule has 0 saturated carbocycles. The van der Waals surface area contributed by atoms with Gasteiger partial charge in [0, 0.05) is 13.1 Å². The topological polar surface area (TPSA) is 38.5 Å². The fourth-order valence-corrected chi connectivity index (χ4v) is 2.33. The Morgan fingerprint density at radius 3 is 2.79 bits per heavy atom. The number of hydrogen-bond donors (Lipinski definition) is 1. The Morgan fingerprint density at radius 1 is 1.42 bits per heavy atom. The highest BCUT2D eigenvalue weighted by molar-refractivity contribution is 5.85. The van der Waals surface area contributed by atoms with Gasteiger partial charge in [-0.15, -0.1) is 12.4 Å². The third kappa shape index (κ3) is 4.34. The largest absolute Gasteiger partial charge is 0.489 e. The summed E-state index contributed by atoms with van der Waals surface area (Å²) in [4.78, 5) is 2.33. The molecule has 1 aliphatic rings. The van der Waals surface area contributed by atoms with E-state index < -0.39 is 0 Å². The van der Waals surface area contributed by atoms with E-state index in [1.807, 2.05) is 0 Å². The predicted molar refractivity (Wildman–Crippen MR) is 77.4 cm³/mol. The van der Waals surface area contributed by atoms with Crippen molar-refractivity contribution in [1.82, 2.24) is 4.90 Å². The van der Waals surface area contributed by atoms with Gasteiger partial charge < -0.3 is 10.5 Å². The predicted octanol–water partition coefficient (Wildman–Crippen LogP) is 2.30. The van der Waals surface area contributed by atoms with Crippen molar-refractivity contribution in [3.05, 3.63) is 30.1 Å². The highest BCUT2D eigenvalue weighted by Gasteiger charge is 2.31. The number of hydrogen-bond acceptors (Lipinski definition) is 3. The number of halogens is 2. The Bertz CT molecular complexity index is 405. The molecule has 0 bridgehead atoms. The molecule has 1 atom stereocenters. The Labute approximate surface area is 120 Å². The molecule has 2 N–H and O–H groups in total. The third-order valence-electron chi connectivity index (χ3n) is 3.63. The monoisotopic (exact) mass is 288 g/mol. The quantitative estimate of drug-likeness (QED) is 0.903. The van der Waals surface area contributed by atoms with Crippen molar-refractivity contribution in [3.63, 3.8) is 0 Å². The first-order chi connectivity index (χ1) is 8.63. The summed E-state index contributed by atoms with van der Waals surface area (Å²) in [6.07, 6.45) is 1.13. The van der Waals surface area contributed by atoms with Gasteiger partial charge in [0.05, 0.1) is 0 Å². The average molecular weight is 289 g/mol. The van der Waals surface area contributed by atoms with Crippen LogP contribution in [0.15, 0.2) is 24.3 Å². The first kappa shape index (κ1) is 16.2. The van der Waals surface area contributed by atoms with Gasteiger partial charge in [-0.3, -0.25) is 4.90 Å². The number of ether oxygens (including phenoxy) is 1. The van der Waals surface area contributed by atoms with Gasteiger partial charge in [-0.2, -0.15) is 0 Å². The van der Waals surface area contributed by atoms with Crippen LogP contribution in [0.5, 0.6) is 5.75 Å². The SMILES string of the molecule is CC1(CN)CCN(CCOc2ccccc2F)C1.Cl. The molecular formula is C14H22ClFN2O. The van der Waals surface area contributed by atoms with Crippen molar-refractivity contribution in [1.29, 1.82) is 0 Å². The van der Waals surface area contributed by atoms with Gasteiger partial charge in [0.15, 0.2) is 11.6 Å². The first-order valence-corrected chi connectivity index (χ1v) is 6.43. The molecule has 1 saturated heterocycles. The molecule has 1 aromatic rings. The van der Waals surface area contributed by atoms with Gasteiger partial charge in [0.25, 0.3) is 0 Å². The van der Waals surface area contributed by atoms with Crippen molar-refractivity contribution in [3.8, 4) is 5.75 Å². The second-order valence-electron chi connectivity index (χ2n) is 5.32. The minimum absolute atomic E-state index is 0. The van der Waals surface area contributed by atoms with E-state index in [1.165, 1.54) is 6.07 Å². The number of likely N-dealkylation sites (tertiary alicyclic amines) is 1. The van der Waals surface area contributed by atoms with E-state index in [2.05, 4.69) is 11.8 Å². The molecule has 1 aliphatic heterocycles. The van der Waals surface area contributed by atoms with Crippen LogP contribution in [0.3, 0.4) is 0 Å². The molecule has 5 heteroatoms. The molecule has 108 valence electrons. The van der Waals surface area contributed by atoms with Gasteiger partial charge in [-0.05, 0) is 37.1 Å². The third-order valence-corrected chi connectivity index (χ3v) is 3.63. The second kappa shape index (κ2) is 7.08. The highest BCUT2D eigenvalue weighted by Crippen LogP contribution is 2.28. The van der Waals surface area contributed by atoms with E-state index in [0.29, 0.717) is 12.4 Å². The molecule has 0 amide bonds. The standard InChI is InChI=1S/C14H21FN2O.ClH/c1-14(10-16)6-7-17(11-14)8-9-18-13-5-3-2-4-12(13)15;/h2-5H,6-11,16H2,1H3;1H. The van der Waals surface area contributed by atoms with Crippen LogP contribution in [0.4, 0.5) is 4.39 Å². The maximum absolute atomic E-state index is 13.3. The minimum Gasteiger partial charge on any atom is -0.489 e. The fraction of sp³-hybridized carbons (Fsp3) is 0.571. The van der Waals surface area contributed by atoms with Crippen LogP contribution in [0.1, 0.15) is 13.3 Å². The summed E-state index contributed by atoms with van der Waals surface area (Å²) in [5.74, 6) is 0.0315. The molecule has 1 unspecified atom stereocenters. The lowest BCUT2D eigenvalue weighted by Crippen LogP contribution is -2.33. The van der Waals surface area contributed by atoms with Crippen LogP contribution in [-0.4, -0.2) is 37.7 Å². The van der Waals surface area contributed by atoms with E-state index in [0.717, 1.165) is 32.6 Å². The van der Waals surface area contributed by atoms with E-state index in [9.17, 15) is 4.39 Å². The summed E-state index contributed by atoms with van der Waals surface area (Å²) >= 11 is 0. The Hall–Kier alpha value is -0.840. The molecule has 2 rings (SSSR count). The number of rotatable bonds is 5. The van der Waals surface area contributed by atoms with Crippen molar-refractivity contribution < 1.29 is 9.13 Å². The van der Waals surface area contributed by atoms with Crippen LogP contribution >= 0.6 is 12.4 Å². The maximum Gasteiger partial charge on any atom is 0.165 e. The average Bonchev–Trinajstić information content (AvgIpc) is 2.75. The molecule has 1 aromatic carbocycles. The van der Waals surface area contributed by atoms with E-state index in [-0.39, 0.29) is 23.6 Å². The summed E-state index contributed by atoms with van der Waals surface area (Å²) in [6.45, 7) is 6.33. The lowest BCUT2D eigenvalue weighted by molar-refractivity contribution is 0.214. The second-order valence-corrected chi connectivity index (χ2v) is 5.32. The van der Waals surface area contributed by atoms with Crippen molar-refractivity contribution in [2.24, 2.45) is 11.1 Å². The van der Waals surface area contributed by atoms with Crippen LogP contribution in [0.25, 0.3) is 0 Å². The zero-order valence-corrected chi connectivity index (χ0v) is 12.1. The molecule has 1 fully saturated rings. The first-order valence-electron chi connectivity index (χ1n) is 6.43. The van der Waals surface area contributed by atoms with Gasteiger partial charge >= 0.3 is 0 Å². The lowest BCUT2D eigenvalue weighted by Gasteiger charge is -2.22. The number of benzene rings is 1. The zero-order chi connectivity index (χ0) is 13.0. The van der Waals surface area contributed by atoms with E-state index in [4.69, 9.17) is 10.5 Å². The Kier molecular flexibility index (Phi) is 6.04. The van der Waals surface area contributed by atoms with Crippen molar-refractivity contribution in [2.75, 3.05) is 32.8 Å². The molecule has 1 heterocycles. The van der Waals surface area contributed by atoms with Crippen LogP contribution in [0.2, 0.25) is 0 Å². The van der Waals surface area contributed by atoms with Crippen LogP contribution < -0.4 is 10.5 Å². The van der Waals surface area contributed by atoms with Crippen LogP contribution in [0, 0.1) is 11.2 Å². The summed E-state index contributed by atoms with van der Waals surface area (Å²) < 4.78 is 18.8. The summed E-state index contributed by atoms with van der Waals surface area (Å²) in [5.41, 5.74) is 6.00. The van der Waals surface area contributed by atoms with E-state index in [1.54, 1.807) is 18.2 Å². The van der Waals surface area contributed by atoms with Gasteiger partial charge in [-0.1, -0.05) is 19.1 Å². The molecule has 0 spiro atoms. The maximum atomic E-state index is 13.3. The minimum atomic E-state index is -0.300. The van der Waals surface area contributed by atoms with Gasteiger partial charge in [-0.25, -0.2) is 4.39 Å². The molecule has 3 nitrogen and oxygen atoms in total. The number of para-hydroxylation sites is 1. The molecule has 19 heavy (non-hydrogen) atoms. The molecular weight excluding hydrogens is 267 g/mol.